The summed E-state index contributed by atoms with van der Waals surface area (Å²) >= 11 is 5.75. The molecule has 20 heavy (non-hydrogen) atoms. The summed E-state index contributed by atoms with van der Waals surface area (Å²) < 4.78 is 18.8. The zero-order valence-corrected chi connectivity index (χ0v) is 10.8. The van der Waals surface area contributed by atoms with Gasteiger partial charge in [0, 0.05) is 12.1 Å². The molecule has 0 bridgehead atoms. The van der Waals surface area contributed by atoms with Crippen LogP contribution in [0.5, 0.6) is 11.5 Å². The fraction of sp³-hybridized carbons (Fsp3) is 0.0769. The summed E-state index contributed by atoms with van der Waals surface area (Å²) in [6.07, 6.45) is 0. The van der Waals surface area contributed by atoms with Gasteiger partial charge in [0.25, 0.3) is 5.69 Å². The lowest BCUT2D eigenvalue weighted by molar-refractivity contribution is -0.384. The van der Waals surface area contributed by atoms with Crippen molar-refractivity contribution >= 4 is 17.3 Å². The number of hydrogen-bond acceptors (Lipinski definition) is 4. The summed E-state index contributed by atoms with van der Waals surface area (Å²) in [5.41, 5.74) is -0.248. The second-order valence-electron chi connectivity index (χ2n) is 3.85. The number of hydrogen-bond donors (Lipinski definition) is 1. The lowest BCUT2D eigenvalue weighted by atomic mass is 10.2. The number of ether oxygens (including phenoxy) is 1. The molecule has 0 aliphatic carbocycles. The molecule has 2 rings (SSSR count). The lowest BCUT2D eigenvalue weighted by Crippen LogP contribution is -1.96. The lowest BCUT2D eigenvalue weighted by Gasteiger charge is -2.10. The highest BCUT2D eigenvalue weighted by Crippen LogP contribution is 2.32. The minimum absolute atomic E-state index is 0.00183. The van der Waals surface area contributed by atoms with E-state index in [4.69, 9.17) is 21.4 Å². The molecular formula is C13H9ClFNO4. The Balaban J connectivity index is 2.34. The Morgan fingerprint density at radius 1 is 1.35 bits per heavy atom. The van der Waals surface area contributed by atoms with Gasteiger partial charge in [-0.15, -0.1) is 0 Å². The van der Waals surface area contributed by atoms with Gasteiger partial charge in [0.05, 0.1) is 17.1 Å². The van der Waals surface area contributed by atoms with E-state index < -0.39 is 17.3 Å². The number of nitro benzene ring substituents is 1. The Morgan fingerprint density at radius 3 is 2.70 bits per heavy atom. The first-order valence-electron chi connectivity index (χ1n) is 5.53. The van der Waals surface area contributed by atoms with E-state index in [1.807, 2.05) is 0 Å². The van der Waals surface area contributed by atoms with E-state index >= 15 is 0 Å². The molecule has 0 aliphatic rings. The summed E-state index contributed by atoms with van der Waals surface area (Å²) in [4.78, 5) is 10.0. The topological polar surface area (TPSA) is 72.6 Å². The van der Waals surface area contributed by atoms with Crippen molar-refractivity contribution in [3.63, 3.8) is 0 Å². The van der Waals surface area contributed by atoms with Gasteiger partial charge in [-0.2, -0.15) is 0 Å². The standard InChI is InChI=1S/C13H9ClFNO4/c14-10-6-8(4-5-12(10)16(18)19)20-13-3-1-2-11(15)9(13)7-17/h1-6,17H,7H2. The summed E-state index contributed by atoms with van der Waals surface area (Å²) in [5.74, 6) is -0.267. The number of nitro groups is 1. The average Bonchev–Trinajstić information content (AvgIpc) is 2.38. The van der Waals surface area contributed by atoms with Crippen LogP contribution in [0.25, 0.3) is 0 Å². The van der Waals surface area contributed by atoms with Crippen LogP contribution in [0.15, 0.2) is 36.4 Å². The zero-order chi connectivity index (χ0) is 14.7. The molecule has 7 heteroatoms. The van der Waals surface area contributed by atoms with E-state index in [1.165, 1.54) is 36.4 Å². The van der Waals surface area contributed by atoms with Gasteiger partial charge in [-0.05, 0) is 18.2 Å². The van der Waals surface area contributed by atoms with Crippen LogP contribution in [0, 0.1) is 15.9 Å². The SMILES string of the molecule is O=[N+]([O-])c1ccc(Oc2cccc(F)c2CO)cc1Cl. The Hall–Kier alpha value is -2.18. The van der Waals surface area contributed by atoms with Gasteiger partial charge in [0.1, 0.15) is 22.3 Å². The third-order valence-electron chi connectivity index (χ3n) is 2.58. The highest BCUT2D eigenvalue weighted by molar-refractivity contribution is 6.32. The van der Waals surface area contributed by atoms with Gasteiger partial charge in [-0.25, -0.2) is 4.39 Å². The molecule has 2 aromatic rings. The van der Waals surface area contributed by atoms with Crippen LogP contribution >= 0.6 is 11.6 Å². The van der Waals surface area contributed by atoms with Crippen LogP contribution in [0.4, 0.5) is 10.1 Å². The van der Waals surface area contributed by atoms with Gasteiger partial charge in [-0.3, -0.25) is 10.1 Å². The highest BCUT2D eigenvalue weighted by atomic mass is 35.5. The third-order valence-corrected chi connectivity index (χ3v) is 2.88. The van der Waals surface area contributed by atoms with Crippen molar-refractivity contribution in [3.8, 4) is 11.5 Å². The molecule has 0 heterocycles. The van der Waals surface area contributed by atoms with E-state index in [9.17, 15) is 14.5 Å². The number of aliphatic hydroxyl groups excluding tert-OH is 1. The monoisotopic (exact) mass is 297 g/mol. The first-order valence-corrected chi connectivity index (χ1v) is 5.90. The largest absolute Gasteiger partial charge is 0.457 e. The molecule has 0 saturated carbocycles. The van der Waals surface area contributed by atoms with Crippen molar-refractivity contribution < 1.29 is 19.2 Å². The smallest absolute Gasteiger partial charge is 0.288 e. The van der Waals surface area contributed by atoms with Crippen LogP contribution < -0.4 is 4.74 Å². The molecule has 0 spiro atoms. The normalized spacial score (nSPS) is 10.3. The van der Waals surface area contributed by atoms with Crippen molar-refractivity contribution in [2.75, 3.05) is 0 Å². The van der Waals surface area contributed by atoms with Gasteiger partial charge < -0.3 is 9.84 Å². The third kappa shape index (κ3) is 2.87. The minimum Gasteiger partial charge on any atom is -0.457 e. The highest BCUT2D eigenvalue weighted by Gasteiger charge is 2.14. The Kier molecular flexibility index (Phi) is 4.16. The van der Waals surface area contributed by atoms with Crippen LogP contribution in [0.2, 0.25) is 5.02 Å². The van der Waals surface area contributed by atoms with E-state index in [0.29, 0.717) is 0 Å². The molecule has 0 fully saturated rings. The average molecular weight is 298 g/mol. The summed E-state index contributed by atoms with van der Waals surface area (Å²) in [6.45, 7) is -0.525. The van der Waals surface area contributed by atoms with Gasteiger partial charge in [0.2, 0.25) is 0 Å². The minimum atomic E-state index is -0.618. The molecular weight excluding hydrogens is 289 g/mol. The first kappa shape index (κ1) is 14.2. The van der Waals surface area contributed by atoms with Crippen molar-refractivity contribution in [2.24, 2.45) is 0 Å². The Bertz CT molecular complexity index is 663. The predicted octanol–water partition coefficient (Wildman–Crippen LogP) is 3.67. The molecule has 2 aromatic carbocycles. The molecule has 5 nitrogen and oxygen atoms in total. The van der Waals surface area contributed by atoms with Crippen LogP contribution in [-0.2, 0) is 6.61 Å². The summed E-state index contributed by atoms with van der Waals surface area (Å²) in [5, 5.41) is 19.7. The second-order valence-corrected chi connectivity index (χ2v) is 4.25. The Labute approximate surface area is 118 Å². The quantitative estimate of drug-likeness (QED) is 0.690. The first-order chi connectivity index (χ1) is 9.52. The van der Waals surface area contributed by atoms with E-state index in [1.54, 1.807) is 0 Å². The fourth-order valence-corrected chi connectivity index (χ4v) is 1.85. The maximum absolute atomic E-state index is 13.4. The second kappa shape index (κ2) is 5.85. The van der Waals surface area contributed by atoms with E-state index in [0.717, 1.165) is 0 Å². The van der Waals surface area contributed by atoms with Gasteiger partial charge in [0.15, 0.2) is 0 Å². The van der Waals surface area contributed by atoms with Crippen LogP contribution in [0.1, 0.15) is 5.56 Å². The molecule has 104 valence electrons. The molecule has 0 aliphatic heterocycles. The summed E-state index contributed by atoms with van der Waals surface area (Å²) in [6, 6.07) is 7.89. The van der Waals surface area contributed by atoms with Crippen molar-refractivity contribution in [1.82, 2.24) is 0 Å². The molecule has 0 saturated heterocycles. The molecule has 0 amide bonds. The fourth-order valence-electron chi connectivity index (χ4n) is 1.61. The van der Waals surface area contributed by atoms with Crippen LogP contribution in [-0.4, -0.2) is 10.0 Å². The van der Waals surface area contributed by atoms with Gasteiger partial charge >= 0.3 is 0 Å². The zero-order valence-electron chi connectivity index (χ0n) is 10.0. The number of rotatable bonds is 4. The maximum Gasteiger partial charge on any atom is 0.288 e. The molecule has 0 aromatic heterocycles. The van der Waals surface area contributed by atoms with Crippen molar-refractivity contribution in [3.05, 3.63) is 62.9 Å². The van der Waals surface area contributed by atoms with Crippen LogP contribution in [0.3, 0.4) is 0 Å². The number of nitrogens with zero attached hydrogens (tertiary/aromatic N) is 1. The molecule has 0 atom stereocenters. The molecule has 0 radical (unpaired) electrons. The summed E-state index contributed by atoms with van der Waals surface area (Å²) in [7, 11) is 0. The maximum atomic E-state index is 13.4. The van der Waals surface area contributed by atoms with Crippen molar-refractivity contribution in [1.29, 1.82) is 0 Å². The van der Waals surface area contributed by atoms with Crippen molar-refractivity contribution in [2.45, 2.75) is 6.61 Å². The van der Waals surface area contributed by atoms with E-state index in [-0.39, 0.29) is 27.8 Å². The molecule has 1 N–H and O–H groups in total. The predicted molar refractivity (Wildman–Crippen MR) is 70.5 cm³/mol. The molecule has 0 unspecified atom stereocenters. The van der Waals surface area contributed by atoms with E-state index in [2.05, 4.69) is 0 Å². The number of benzene rings is 2. The number of halogens is 2. The number of aliphatic hydroxyl groups is 1. The van der Waals surface area contributed by atoms with Gasteiger partial charge in [-0.1, -0.05) is 17.7 Å². The Morgan fingerprint density at radius 2 is 2.10 bits per heavy atom.